The predicted octanol–water partition coefficient (Wildman–Crippen LogP) is 4.23. The number of nitrogens with zero attached hydrogens (tertiary/aromatic N) is 1. The normalized spacial score (nSPS) is 12.2. The molecule has 0 aliphatic carbocycles. The van der Waals surface area contributed by atoms with Gasteiger partial charge in [0, 0.05) is 6.54 Å². The van der Waals surface area contributed by atoms with Crippen LogP contribution in [0.2, 0.25) is 0 Å². The zero-order chi connectivity index (χ0) is 23.7. The number of rotatable bonds is 11. The van der Waals surface area contributed by atoms with Crippen LogP contribution in [0.4, 0.5) is 0 Å². The summed E-state index contributed by atoms with van der Waals surface area (Å²) in [5.74, 6) is 0.0397. The standard InChI is InChI=1S/C26H27NO5S/c1-3-18-27(33(29,30)24-12-8-5-9-13-24)25(26(28)31-2)19-21-14-16-23(17-15-21)32-20-22-10-6-4-7-11-22/h3-17,25H,1,18-20H2,2H3/t25-/m0/s1. The maximum atomic E-state index is 13.3. The second-order valence-corrected chi connectivity index (χ2v) is 9.23. The molecule has 0 saturated carbocycles. The summed E-state index contributed by atoms with van der Waals surface area (Å²) in [5.41, 5.74) is 1.83. The van der Waals surface area contributed by atoms with Gasteiger partial charge in [0.15, 0.2) is 0 Å². The van der Waals surface area contributed by atoms with Gasteiger partial charge >= 0.3 is 5.97 Å². The van der Waals surface area contributed by atoms with Gasteiger partial charge in [-0.05, 0) is 41.8 Å². The Kier molecular flexibility index (Phi) is 8.40. The molecule has 0 aromatic heterocycles. The number of hydrogen-bond donors (Lipinski definition) is 0. The highest BCUT2D eigenvalue weighted by Crippen LogP contribution is 2.22. The molecule has 0 spiro atoms. The molecule has 0 N–H and O–H groups in total. The molecule has 0 heterocycles. The van der Waals surface area contributed by atoms with E-state index >= 15 is 0 Å². The number of hydrogen-bond acceptors (Lipinski definition) is 5. The van der Waals surface area contributed by atoms with E-state index in [0.717, 1.165) is 15.4 Å². The molecule has 1 atom stereocenters. The Bertz CT molecular complexity index is 1150. The summed E-state index contributed by atoms with van der Waals surface area (Å²) < 4.78 is 38.5. The highest BCUT2D eigenvalue weighted by molar-refractivity contribution is 7.89. The molecular weight excluding hydrogens is 438 g/mol. The summed E-state index contributed by atoms with van der Waals surface area (Å²) in [6.07, 6.45) is 1.60. The number of esters is 1. The average Bonchev–Trinajstić information content (AvgIpc) is 2.86. The van der Waals surface area contributed by atoms with Gasteiger partial charge in [0.25, 0.3) is 0 Å². The lowest BCUT2D eigenvalue weighted by Crippen LogP contribution is -2.46. The zero-order valence-corrected chi connectivity index (χ0v) is 19.3. The fourth-order valence-electron chi connectivity index (χ4n) is 3.37. The van der Waals surface area contributed by atoms with Crippen molar-refractivity contribution in [3.05, 3.63) is 109 Å². The third-order valence-corrected chi connectivity index (χ3v) is 6.97. The third kappa shape index (κ3) is 6.31. The molecule has 0 unspecified atom stereocenters. The fraction of sp³-hybridized carbons (Fsp3) is 0.192. The van der Waals surface area contributed by atoms with Crippen LogP contribution >= 0.6 is 0 Å². The van der Waals surface area contributed by atoms with Crippen LogP contribution in [0.25, 0.3) is 0 Å². The largest absolute Gasteiger partial charge is 0.489 e. The van der Waals surface area contributed by atoms with Crippen molar-refractivity contribution in [1.82, 2.24) is 4.31 Å². The topological polar surface area (TPSA) is 72.9 Å². The first kappa shape index (κ1) is 24.2. The van der Waals surface area contributed by atoms with Gasteiger partial charge in [0.2, 0.25) is 10.0 Å². The molecule has 0 bridgehead atoms. The zero-order valence-electron chi connectivity index (χ0n) is 18.5. The second-order valence-electron chi connectivity index (χ2n) is 7.34. The first-order valence-corrected chi connectivity index (χ1v) is 11.9. The SMILES string of the molecule is C=CCN([C@@H](Cc1ccc(OCc2ccccc2)cc1)C(=O)OC)S(=O)(=O)c1ccccc1. The quantitative estimate of drug-likeness (QED) is 0.313. The molecule has 0 aliphatic heterocycles. The van der Waals surface area contributed by atoms with Gasteiger partial charge in [-0.3, -0.25) is 4.79 Å². The van der Waals surface area contributed by atoms with Crippen molar-refractivity contribution in [3.8, 4) is 5.75 Å². The van der Waals surface area contributed by atoms with Gasteiger partial charge in [-0.1, -0.05) is 66.7 Å². The summed E-state index contributed by atoms with van der Waals surface area (Å²) in [6, 6.07) is 24.0. The lowest BCUT2D eigenvalue weighted by atomic mass is 10.1. The van der Waals surface area contributed by atoms with Crippen molar-refractivity contribution in [2.45, 2.75) is 24.0 Å². The van der Waals surface area contributed by atoms with Crippen LogP contribution in [0.1, 0.15) is 11.1 Å². The summed E-state index contributed by atoms with van der Waals surface area (Å²) in [5, 5.41) is 0. The Morgan fingerprint density at radius 1 is 0.939 bits per heavy atom. The van der Waals surface area contributed by atoms with E-state index in [4.69, 9.17) is 9.47 Å². The van der Waals surface area contributed by atoms with Crippen molar-refractivity contribution in [2.75, 3.05) is 13.7 Å². The average molecular weight is 466 g/mol. The first-order valence-electron chi connectivity index (χ1n) is 10.5. The highest BCUT2D eigenvalue weighted by Gasteiger charge is 2.36. The maximum absolute atomic E-state index is 13.3. The third-order valence-electron chi connectivity index (χ3n) is 5.08. The fourth-order valence-corrected chi connectivity index (χ4v) is 4.94. The van der Waals surface area contributed by atoms with E-state index in [1.54, 1.807) is 30.3 Å². The number of ether oxygens (including phenoxy) is 2. The number of benzene rings is 3. The van der Waals surface area contributed by atoms with Crippen LogP contribution in [0.5, 0.6) is 5.75 Å². The molecule has 7 heteroatoms. The maximum Gasteiger partial charge on any atom is 0.324 e. The van der Waals surface area contributed by atoms with Crippen molar-refractivity contribution in [2.24, 2.45) is 0 Å². The van der Waals surface area contributed by atoms with Crippen LogP contribution in [0.3, 0.4) is 0 Å². The Hall–Kier alpha value is -3.42. The minimum Gasteiger partial charge on any atom is -0.489 e. The number of methoxy groups -OCH3 is 1. The Morgan fingerprint density at radius 3 is 2.12 bits per heavy atom. The van der Waals surface area contributed by atoms with E-state index in [-0.39, 0.29) is 17.9 Å². The molecule has 0 saturated heterocycles. The smallest absolute Gasteiger partial charge is 0.324 e. The Labute approximate surface area is 195 Å². The summed E-state index contributed by atoms with van der Waals surface area (Å²) >= 11 is 0. The molecule has 3 aromatic rings. The lowest BCUT2D eigenvalue weighted by Gasteiger charge is -2.28. The molecule has 0 fully saturated rings. The van der Waals surface area contributed by atoms with E-state index in [0.29, 0.717) is 12.4 Å². The molecule has 172 valence electrons. The Balaban J connectivity index is 1.80. The number of sulfonamides is 1. The lowest BCUT2D eigenvalue weighted by molar-refractivity contribution is -0.145. The monoisotopic (exact) mass is 465 g/mol. The van der Waals surface area contributed by atoms with Gasteiger partial charge in [0.05, 0.1) is 12.0 Å². The van der Waals surface area contributed by atoms with E-state index < -0.39 is 22.0 Å². The van der Waals surface area contributed by atoms with Crippen LogP contribution < -0.4 is 4.74 Å². The second kappa shape index (κ2) is 11.4. The van der Waals surface area contributed by atoms with E-state index in [9.17, 15) is 13.2 Å². The number of carbonyl (C=O) groups is 1. The van der Waals surface area contributed by atoms with Crippen LogP contribution in [-0.4, -0.2) is 38.4 Å². The molecule has 0 amide bonds. The van der Waals surface area contributed by atoms with Gasteiger partial charge in [-0.15, -0.1) is 6.58 Å². The Morgan fingerprint density at radius 2 is 1.55 bits per heavy atom. The molecule has 6 nitrogen and oxygen atoms in total. The molecule has 3 rings (SSSR count). The summed E-state index contributed by atoms with van der Waals surface area (Å²) in [6.45, 7) is 4.07. The molecule has 3 aromatic carbocycles. The van der Waals surface area contributed by atoms with Crippen LogP contribution in [-0.2, 0) is 32.6 Å². The van der Waals surface area contributed by atoms with Gasteiger partial charge in [-0.25, -0.2) is 8.42 Å². The predicted molar refractivity (Wildman–Crippen MR) is 127 cm³/mol. The van der Waals surface area contributed by atoms with E-state index in [1.165, 1.54) is 25.3 Å². The van der Waals surface area contributed by atoms with Crippen molar-refractivity contribution in [1.29, 1.82) is 0 Å². The summed E-state index contributed by atoms with van der Waals surface area (Å²) in [4.78, 5) is 12.8. The first-order chi connectivity index (χ1) is 16.0. The van der Waals surface area contributed by atoms with Gasteiger partial charge < -0.3 is 9.47 Å². The van der Waals surface area contributed by atoms with Crippen molar-refractivity contribution >= 4 is 16.0 Å². The van der Waals surface area contributed by atoms with Gasteiger partial charge in [-0.2, -0.15) is 4.31 Å². The molecule has 0 aliphatic rings. The number of carbonyl (C=O) groups excluding carboxylic acids is 1. The van der Waals surface area contributed by atoms with E-state index in [2.05, 4.69) is 6.58 Å². The van der Waals surface area contributed by atoms with Crippen LogP contribution in [0, 0.1) is 0 Å². The summed E-state index contributed by atoms with van der Waals surface area (Å²) in [7, 11) is -2.70. The van der Waals surface area contributed by atoms with Crippen LogP contribution in [0.15, 0.2) is 102 Å². The molecule has 33 heavy (non-hydrogen) atoms. The van der Waals surface area contributed by atoms with Gasteiger partial charge in [0.1, 0.15) is 18.4 Å². The van der Waals surface area contributed by atoms with Crippen molar-refractivity contribution in [3.63, 3.8) is 0 Å². The molecule has 0 radical (unpaired) electrons. The minimum absolute atomic E-state index is 0.0325. The molecular formula is C26H27NO5S. The minimum atomic E-state index is -3.95. The highest BCUT2D eigenvalue weighted by atomic mass is 32.2. The van der Waals surface area contributed by atoms with E-state index in [1.807, 2.05) is 42.5 Å². The van der Waals surface area contributed by atoms with Crippen molar-refractivity contribution < 1.29 is 22.7 Å².